The minimum atomic E-state index is -3.09. The average molecular weight is 595 g/mol. The van der Waals surface area contributed by atoms with Crippen molar-refractivity contribution in [2.75, 3.05) is 57.8 Å². The highest BCUT2D eigenvalue weighted by Crippen LogP contribution is 2.32. The molecule has 12 heteroatoms. The molecule has 2 aliphatic heterocycles. The molecule has 1 amide bonds. The summed E-state index contributed by atoms with van der Waals surface area (Å²) in [6.45, 7) is 3.47. The fourth-order valence-electron chi connectivity index (χ4n) is 5.54. The highest BCUT2D eigenvalue weighted by Gasteiger charge is 2.25. The van der Waals surface area contributed by atoms with E-state index < -0.39 is 21.5 Å². The third-order valence-corrected chi connectivity index (χ3v) is 9.76. The number of amides is 1. The van der Waals surface area contributed by atoms with Gasteiger partial charge in [-0.2, -0.15) is 0 Å². The second-order valence-corrected chi connectivity index (χ2v) is 13.4. The topological polar surface area (TPSA) is 91.6 Å². The minimum Gasteiger partial charge on any atom is -0.346 e. The van der Waals surface area contributed by atoms with E-state index in [-0.39, 0.29) is 42.6 Å². The lowest BCUT2D eigenvalue weighted by Gasteiger charge is -2.32. The summed E-state index contributed by atoms with van der Waals surface area (Å²) in [5.74, 6) is -1.47. The van der Waals surface area contributed by atoms with Crippen molar-refractivity contribution in [1.82, 2.24) is 29.2 Å². The molecule has 9 nitrogen and oxygen atoms in total. The zero-order chi connectivity index (χ0) is 29.6. The van der Waals surface area contributed by atoms with Crippen LogP contribution in [0.1, 0.15) is 16.1 Å². The number of aromatic nitrogens is 3. The second kappa shape index (κ2) is 11.2. The Morgan fingerprint density at radius 2 is 1.62 bits per heavy atom. The molecule has 0 atom stereocenters. The largest absolute Gasteiger partial charge is 0.346 e. The lowest BCUT2D eigenvalue weighted by Crippen LogP contribution is -2.47. The molecule has 6 rings (SSSR count). The van der Waals surface area contributed by atoms with Crippen LogP contribution in [0.3, 0.4) is 0 Å². The normalized spacial score (nSPS) is 18.0. The van der Waals surface area contributed by atoms with Crippen LogP contribution in [0, 0.1) is 11.6 Å². The van der Waals surface area contributed by atoms with Gasteiger partial charge in [0.25, 0.3) is 5.91 Å². The van der Waals surface area contributed by atoms with E-state index in [0.717, 1.165) is 18.7 Å². The summed E-state index contributed by atoms with van der Waals surface area (Å²) in [5, 5.41) is 0. The average Bonchev–Trinajstić information content (AvgIpc) is 3.36. The van der Waals surface area contributed by atoms with E-state index in [1.54, 1.807) is 39.9 Å². The predicted molar refractivity (Wildman–Crippen MR) is 157 cm³/mol. The van der Waals surface area contributed by atoms with Crippen LogP contribution in [-0.4, -0.2) is 101 Å². The number of para-hydroxylation sites is 1. The first kappa shape index (κ1) is 28.4. The number of hydrogen-bond donors (Lipinski definition) is 0. The lowest BCUT2D eigenvalue weighted by atomic mass is 10.0. The number of hydrogen-bond acceptors (Lipinski definition) is 7. The number of nitrogens with zero attached hydrogens (tertiary/aromatic N) is 6. The zero-order valence-corrected chi connectivity index (χ0v) is 24.4. The Balaban J connectivity index is 1.30. The molecule has 0 bridgehead atoms. The highest BCUT2D eigenvalue weighted by molar-refractivity contribution is 7.91. The van der Waals surface area contributed by atoms with Gasteiger partial charge in [-0.1, -0.05) is 12.1 Å². The Labute approximate surface area is 243 Å². The van der Waals surface area contributed by atoms with Crippen LogP contribution in [0.4, 0.5) is 8.78 Å². The molecule has 0 spiro atoms. The van der Waals surface area contributed by atoms with Crippen LogP contribution >= 0.6 is 0 Å². The molecule has 4 heterocycles. The van der Waals surface area contributed by atoms with Crippen LogP contribution in [0.15, 0.2) is 48.8 Å². The second-order valence-electron chi connectivity index (χ2n) is 11.1. The number of halogens is 2. The molecule has 2 saturated heterocycles. The van der Waals surface area contributed by atoms with Gasteiger partial charge in [0, 0.05) is 75.7 Å². The summed E-state index contributed by atoms with van der Waals surface area (Å²) in [5.41, 5.74) is 3.63. The first-order valence-corrected chi connectivity index (χ1v) is 15.7. The van der Waals surface area contributed by atoms with Crippen LogP contribution < -0.4 is 0 Å². The third-order valence-electron chi connectivity index (χ3n) is 8.15. The van der Waals surface area contributed by atoms with E-state index in [4.69, 9.17) is 4.98 Å². The first-order chi connectivity index (χ1) is 20.1. The van der Waals surface area contributed by atoms with Crippen LogP contribution in [0.2, 0.25) is 0 Å². The van der Waals surface area contributed by atoms with Gasteiger partial charge >= 0.3 is 0 Å². The number of likely N-dealkylation sites (N-methyl/N-ethyl adjacent to an activating group) is 1. The van der Waals surface area contributed by atoms with Gasteiger partial charge in [0.05, 0.1) is 34.4 Å². The number of aryl methyl sites for hydroxylation is 1. The summed E-state index contributed by atoms with van der Waals surface area (Å²) >= 11 is 0. The number of carbonyl (C=O) groups excluding carboxylic acids is 1. The number of piperazine rings is 1. The maximum atomic E-state index is 15.3. The van der Waals surface area contributed by atoms with Gasteiger partial charge in [-0.3, -0.25) is 14.7 Å². The van der Waals surface area contributed by atoms with Gasteiger partial charge in [0.1, 0.15) is 17.3 Å². The number of benzene rings is 2. The molecule has 2 aromatic carbocycles. The molecular weight excluding hydrogens is 562 g/mol. The van der Waals surface area contributed by atoms with Gasteiger partial charge in [-0.05, 0) is 36.9 Å². The quantitative estimate of drug-likeness (QED) is 0.351. The number of rotatable bonds is 5. The predicted octanol–water partition coefficient (Wildman–Crippen LogP) is 3.20. The summed E-state index contributed by atoms with van der Waals surface area (Å²) < 4.78 is 55.8. The minimum absolute atomic E-state index is 0.00382. The lowest BCUT2D eigenvalue weighted by molar-refractivity contribution is 0.0654. The number of carbonyl (C=O) groups is 1. The maximum Gasteiger partial charge on any atom is 0.270 e. The summed E-state index contributed by atoms with van der Waals surface area (Å²) in [6, 6.07) is 9.68. The molecule has 220 valence electrons. The van der Waals surface area contributed by atoms with E-state index in [2.05, 4.69) is 9.88 Å². The number of fused-ring (bicyclic) bond motifs is 1. The molecule has 2 aromatic heterocycles. The van der Waals surface area contributed by atoms with Crippen molar-refractivity contribution in [2.24, 2.45) is 7.05 Å². The molecule has 4 aromatic rings. The monoisotopic (exact) mass is 594 g/mol. The SMILES string of the molecule is CN1CCN(C(=O)c2cc(-c3cnc4cccc(-c5cc(F)c(CN6CCS(=O)(=O)CC6)c(F)c5)c4n3)cn2C)CC1. The van der Waals surface area contributed by atoms with E-state index in [0.29, 0.717) is 46.6 Å². The fourth-order valence-corrected chi connectivity index (χ4v) is 6.81. The standard InChI is InChI=1S/C30H32F2N6O3S/c1-35-6-8-38(9-7-35)30(39)28-16-21(18-36(28)2)27-17-33-26-5-3-4-22(29(26)34-27)20-14-24(31)23(25(32)15-20)19-37-10-12-42(40,41)13-11-37/h3-5,14-18H,6-13,19H2,1-2H3. The van der Waals surface area contributed by atoms with Crippen molar-refractivity contribution >= 4 is 26.8 Å². The summed E-state index contributed by atoms with van der Waals surface area (Å²) in [7, 11) is 0.770. The first-order valence-electron chi connectivity index (χ1n) is 13.9. The van der Waals surface area contributed by atoms with Gasteiger partial charge in [0.15, 0.2) is 9.84 Å². The van der Waals surface area contributed by atoms with E-state index in [9.17, 15) is 13.2 Å². The van der Waals surface area contributed by atoms with Crippen molar-refractivity contribution in [3.05, 3.63) is 71.7 Å². The van der Waals surface area contributed by atoms with Crippen LogP contribution in [0.5, 0.6) is 0 Å². The Morgan fingerprint density at radius 3 is 2.31 bits per heavy atom. The molecule has 0 aliphatic carbocycles. The molecule has 2 aliphatic rings. The van der Waals surface area contributed by atoms with E-state index in [1.165, 1.54) is 12.1 Å². The van der Waals surface area contributed by atoms with Crippen molar-refractivity contribution in [1.29, 1.82) is 0 Å². The molecule has 2 fully saturated rings. The molecule has 0 radical (unpaired) electrons. The third kappa shape index (κ3) is 5.66. The zero-order valence-electron chi connectivity index (χ0n) is 23.6. The molecule has 42 heavy (non-hydrogen) atoms. The van der Waals surface area contributed by atoms with Crippen LogP contribution in [0.25, 0.3) is 33.4 Å². The summed E-state index contributed by atoms with van der Waals surface area (Å²) in [4.78, 5) is 28.4. The molecule has 0 unspecified atom stereocenters. The van der Waals surface area contributed by atoms with Crippen molar-refractivity contribution in [2.45, 2.75) is 6.54 Å². The van der Waals surface area contributed by atoms with Gasteiger partial charge in [-0.15, -0.1) is 0 Å². The van der Waals surface area contributed by atoms with Crippen LogP contribution in [-0.2, 0) is 23.4 Å². The van der Waals surface area contributed by atoms with E-state index in [1.807, 2.05) is 25.2 Å². The maximum absolute atomic E-state index is 15.3. The van der Waals surface area contributed by atoms with Crippen molar-refractivity contribution in [3.63, 3.8) is 0 Å². The van der Waals surface area contributed by atoms with Gasteiger partial charge in [0.2, 0.25) is 0 Å². The Morgan fingerprint density at radius 1 is 0.929 bits per heavy atom. The van der Waals surface area contributed by atoms with Crippen molar-refractivity contribution < 1.29 is 22.0 Å². The number of sulfone groups is 1. The van der Waals surface area contributed by atoms with Gasteiger partial charge < -0.3 is 14.4 Å². The Hall–Kier alpha value is -3.74. The van der Waals surface area contributed by atoms with Gasteiger partial charge in [-0.25, -0.2) is 22.2 Å². The fraction of sp³-hybridized carbons (Fsp3) is 0.367. The Bertz CT molecular complexity index is 1750. The molecular formula is C30H32F2N6O3S. The van der Waals surface area contributed by atoms with Crippen molar-refractivity contribution in [3.8, 4) is 22.4 Å². The summed E-state index contributed by atoms with van der Waals surface area (Å²) in [6.07, 6.45) is 3.47. The molecule has 0 N–H and O–H groups in total. The Kier molecular flexibility index (Phi) is 7.54. The highest BCUT2D eigenvalue weighted by atomic mass is 32.2. The molecule has 0 saturated carbocycles. The smallest absolute Gasteiger partial charge is 0.270 e. The van der Waals surface area contributed by atoms with E-state index >= 15 is 8.78 Å².